The summed E-state index contributed by atoms with van der Waals surface area (Å²) in [6.07, 6.45) is 14.2. The number of hydrogen-bond donors (Lipinski definition) is 0. The Morgan fingerprint density at radius 3 is 1.62 bits per heavy atom. The van der Waals surface area contributed by atoms with Gasteiger partial charge < -0.3 is 9.47 Å². The summed E-state index contributed by atoms with van der Waals surface area (Å²) in [5, 5.41) is 0. The Balaban J connectivity index is 1.72. The number of ketones is 1. The van der Waals surface area contributed by atoms with Gasteiger partial charge in [0.15, 0.2) is 5.78 Å². The quantitative estimate of drug-likeness (QED) is 0.568. The summed E-state index contributed by atoms with van der Waals surface area (Å²) in [6, 6.07) is 15.6. The Kier molecular flexibility index (Phi) is 7.23. The van der Waals surface area contributed by atoms with Crippen molar-refractivity contribution in [2.45, 2.75) is 19.3 Å². The van der Waals surface area contributed by atoms with Gasteiger partial charge in [0.1, 0.15) is 11.5 Å². The highest BCUT2D eigenvalue weighted by Crippen LogP contribution is 2.26. The molecule has 3 heteroatoms. The minimum Gasteiger partial charge on any atom is -0.496 e. The van der Waals surface area contributed by atoms with E-state index in [1.807, 2.05) is 85.0 Å². The summed E-state index contributed by atoms with van der Waals surface area (Å²) in [7, 11) is 3.32. The van der Waals surface area contributed by atoms with Crippen molar-refractivity contribution in [3.05, 3.63) is 95.1 Å². The molecule has 2 aromatic carbocycles. The molecule has 2 aromatic rings. The lowest BCUT2D eigenvalue weighted by atomic mass is 9.88. The molecule has 0 atom stereocenters. The zero-order chi connectivity index (χ0) is 20.5. The van der Waals surface area contributed by atoms with Gasteiger partial charge in [0.05, 0.1) is 14.2 Å². The third-order valence-corrected chi connectivity index (χ3v) is 4.90. The van der Waals surface area contributed by atoms with Crippen LogP contribution in [0.4, 0.5) is 0 Å². The molecule has 3 nitrogen and oxygen atoms in total. The molecule has 0 aliphatic heterocycles. The number of carbonyl (C=O) groups is 1. The molecule has 1 aliphatic carbocycles. The maximum Gasteiger partial charge on any atom is 0.184 e. The molecule has 0 radical (unpaired) electrons. The van der Waals surface area contributed by atoms with Crippen LogP contribution >= 0.6 is 0 Å². The number of hydrogen-bond acceptors (Lipinski definition) is 3. The molecular formula is C26H26O3. The number of methoxy groups -OCH3 is 2. The number of rotatable bonds is 6. The molecule has 29 heavy (non-hydrogen) atoms. The number of para-hydroxylation sites is 2. The van der Waals surface area contributed by atoms with Gasteiger partial charge in [0.25, 0.3) is 0 Å². The average molecular weight is 386 g/mol. The Labute approximate surface area is 172 Å². The van der Waals surface area contributed by atoms with Crippen LogP contribution in [-0.2, 0) is 4.79 Å². The molecule has 0 N–H and O–H groups in total. The monoisotopic (exact) mass is 386 g/mol. The lowest BCUT2D eigenvalue weighted by Crippen LogP contribution is -2.12. The van der Waals surface area contributed by atoms with Gasteiger partial charge in [-0.2, -0.15) is 0 Å². The number of allylic oxidation sites excluding steroid dienone is 6. The number of ether oxygens (including phenoxy) is 2. The molecule has 1 fully saturated rings. The van der Waals surface area contributed by atoms with E-state index in [2.05, 4.69) is 0 Å². The number of benzene rings is 2. The molecule has 0 spiro atoms. The lowest BCUT2D eigenvalue weighted by molar-refractivity contribution is -0.113. The summed E-state index contributed by atoms with van der Waals surface area (Å²) >= 11 is 0. The van der Waals surface area contributed by atoms with Crippen molar-refractivity contribution in [1.29, 1.82) is 0 Å². The molecule has 0 amide bonds. The second-order valence-electron chi connectivity index (χ2n) is 6.77. The van der Waals surface area contributed by atoms with Gasteiger partial charge in [-0.05, 0) is 42.5 Å². The zero-order valence-corrected chi connectivity index (χ0v) is 16.9. The van der Waals surface area contributed by atoms with Crippen molar-refractivity contribution < 1.29 is 14.3 Å². The van der Waals surface area contributed by atoms with E-state index in [1.54, 1.807) is 14.2 Å². The van der Waals surface area contributed by atoms with Crippen molar-refractivity contribution >= 4 is 17.9 Å². The Bertz CT molecular complexity index is 899. The third kappa shape index (κ3) is 5.35. The molecule has 0 aromatic heterocycles. The first-order valence-corrected chi connectivity index (χ1v) is 9.78. The van der Waals surface area contributed by atoms with Gasteiger partial charge in [-0.1, -0.05) is 72.9 Å². The maximum absolute atomic E-state index is 12.8. The average Bonchev–Trinajstić information content (AvgIpc) is 2.76. The SMILES string of the molecule is COc1ccccc1/C=C/C=C1\CCC/C(=C\C=C\c2ccccc2OC)C1=O. The first-order chi connectivity index (χ1) is 14.2. The Hall–Kier alpha value is -3.33. The van der Waals surface area contributed by atoms with Crippen LogP contribution in [0.5, 0.6) is 11.5 Å². The van der Waals surface area contributed by atoms with Crippen molar-refractivity contribution in [3.63, 3.8) is 0 Å². The van der Waals surface area contributed by atoms with Gasteiger partial charge in [-0.25, -0.2) is 0 Å². The Morgan fingerprint density at radius 1 is 0.724 bits per heavy atom. The minimum atomic E-state index is 0.130. The predicted molar refractivity (Wildman–Crippen MR) is 119 cm³/mol. The van der Waals surface area contributed by atoms with Crippen molar-refractivity contribution in [1.82, 2.24) is 0 Å². The molecule has 0 bridgehead atoms. The van der Waals surface area contributed by atoms with Crippen molar-refractivity contribution in [3.8, 4) is 11.5 Å². The molecule has 0 heterocycles. The van der Waals surface area contributed by atoms with E-state index in [4.69, 9.17) is 9.47 Å². The van der Waals surface area contributed by atoms with Crippen LogP contribution < -0.4 is 9.47 Å². The fourth-order valence-electron chi connectivity index (χ4n) is 3.36. The fourth-order valence-corrected chi connectivity index (χ4v) is 3.36. The van der Waals surface area contributed by atoms with Crippen LogP contribution in [0.1, 0.15) is 30.4 Å². The van der Waals surface area contributed by atoms with Gasteiger partial charge >= 0.3 is 0 Å². The van der Waals surface area contributed by atoms with Crippen LogP contribution in [0.2, 0.25) is 0 Å². The summed E-state index contributed by atoms with van der Waals surface area (Å²) in [5.74, 6) is 1.77. The van der Waals surface area contributed by atoms with Gasteiger partial charge in [0.2, 0.25) is 0 Å². The predicted octanol–water partition coefficient (Wildman–Crippen LogP) is 6.04. The summed E-state index contributed by atoms with van der Waals surface area (Å²) in [5.41, 5.74) is 3.68. The van der Waals surface area contributed by atoms with E-state index >= 15 is 0 Å². The second kappa shape index (κ2) is 10.3. The smallest absolute Gasteiger partial charge is 0.184 e. The van der Waals surface area contributed by atoms with E-state index in [1.165, 1.54) is 0 Å². The van der Waals surface area contributed by atoms with Crippen molar-refractivity contribution in [2.75, 3.05) is 14.2 Å². The zero-order valence-electron chi connectivity index (χ0n) is 16.9. The molecule has 0 saturated heterocycles. The highest BCUT2D eigenvalue weighted by molar-refractivity contribution is 6.09. The third-order valence-electron chi connectivity index (χ3n) is 4.90. The fraction of sp³-hybridized carbons (Fsp3) is 0.192. The summed E-state index contributed by atoms with van der Waals surface area (Å²) in [4.78, 5) is 12.8. The number of carbonyl (C=O) groups excluding carboxylic acids is 1. The largest absolute Gasteiger partial charge is 0.496 e. The summed E-state index contributed by atoms with van der Waals surface area (Å²) < 4.78 is 10.7. The minimum absolute atomic E-state index is 0.130. The lowest BCUT2D eigenvalue weighted by Gasteiger charge is -2.15. The van der Waals surface area contributed by atoms with E-state index in [0.29, 0.717) is 0 Å². The summed E-state index contributed by atoms with van der Waals surface area (Å²) in [6.45, 7) is 0. The second-order valence-corrected chi connectivity index (χ2v) is 6.77. The van der Waals surface area contributed by atoms with Crippen LogP contribution in [0, 0.1) is 0 Å². The highest BCUT2D eigenvalue weighted by Gasteiger charge is 2.19. The van der Waals surface area contributed by atoms with Gasteiger partial charge in [0, 0.05) is 11.1 Å². The molecule has 0 unspecified atom stereocenters. The normalized spacial score (nSPS) is 17.5. The van der Waals surface area contributed by atoms with Gasteiger partial charge in [-0.3, -0.25) is 4.79 Å². The maximum atomic E-state index is 12.8. The first kappa shape index (κ1) is 20.4. The van der Waals surface area contributed by atoms with E-state index in [0.717, 1.165) is 53.0 Å². The topological polar surface area (TPSA) is 35.5 Å². The molecular weight excluding hydrogens is 360 g/mol. The van der Waals surface area contributed by atoms with E-state index in [-0.39, 0.29) is 5.78 Å². The Morgan fingerprint density at radius 2 is 1.17 bits per heavy atom. The van der Waals surface area contributed by atoms with E-state index in [9.17, 15) is 4.79 Å². The standard InChI is InChI=1S/C26H26O3/c1-28-24-18-5-3-10-20(24)12-7-14-22-16-9-17-23(26(22)27)15-8-13-21-11-4-6-19-25(21)29-2/h3-8,10-15,18-19H,9,16-17H2,1-2H3/b12-7+,13-8+,22-14+,23-15+. The van der Waals surface area contributed by atoms with Crippen molar-refractivity contribution in [2.24, 2.45) is 0 Å². The highest BCUT2D eigenvalue weighted by atomic mass is 16.5. The van der Waals surface area contributed by atoms with Crippen LogP contribution in [0.15, 0.2) is 84.0 Å². The first-order valence-electron chi connectivity index (χ1n) is 9.78. The van der Waals surface area contributed by atoms with Crippen LogP contribution in [-0.4, -0.2) is 20.0 Å². The van der Waals surface area contributed by atoms with Crippen LogP contribution in [0.25, 0.3) is 12.2 Å². The van der Waals surface area contributed by atoms with Crippen LogP contribution in [0.3, 0.4) is 0 Å². The molecule has 3 rings (SSSR count). The molecule has 1 aliphatic rings. The number of Topliss-reactive ketones (excluding diaryl/α,β-unsaturated/α-hetero) is 1. The molecule has 1 saturated carbocycles. The van der Waals surface area contributed by atoms with E-state index < -0.39 is 0 Å². The molecule has 148 valence electrons. The van der Waals surface area contributed by atoms with Gasteiger partial charge in [-0.15, -0.1) is 0 Å².